The number of aliphatic hydroxyl groups is 1. The first kappa shape index (κ1) is 29.2. The van der Waals surface area contributed by atoms with Crippen molar-refractivity contribution in [2.75, 3.05) is 5.75 Å². The molecule has 1 heterocycles. The van der Waals surface area contributed by atoms with Gasteiger partial charge in [0.25, 0.3) is 0 Å². The van der Waals surface area contributed by atoms with Crippen LogP contribution in [0.1, 0.15) is 37.5 Å². The van der Waals surface area contributed by atoms with Crippen molar-refractivity contribution in [2.45, 2.75) is 49.6 Å². The van der Waals surface area contributed by atoms with Crippen molar-refractivity contribution >= 4 is 46.2 Å². The number of halogens is 1. The molecular weight excluding hydrogens is 623 g/mol. The quantitative estimate of drug-likeness (QED) is 0.113. The lowest BCUT2D eigenvalue weighted by Gasteiger charge is -2.52. The Morgan fingerprint density at radius 2 is 1.44 bits per heavy atom. The van der Waals surface area contributed by atoms with Crippen LogP contribution in [0.15, 0.2) is 91.0 Å². The Labute approximate surface area is 247 Å². The molecule has 2 N–H and O–H groups in total. The summed E-state index contributed by atoms with van der Waals surface area (Å²) in [5.74, 6) is 2.18. The van der Waals surface area contributed by atoms with Crippen molar-refractivity contribution < 1.29 is 19.4 Å². The van der Waals surface area contributed by atoms with E-state index in [0.29, 0.717) is 5.75 Å². The normalized spacial score (nSPS) is 18.0. The van der Waals surface area contributed by atoms with Crippen molar-refractivity contribution in [1.82, 2.24) is 10.2 Å². The second-order valence-corrected chi connectivity index (χ2v) is 11.7. The van der Waals surface area contributed by atoms with E-state index in [1.54, 1.807) is 20.8 Å². The van der Waals surface area contributed by atoms with Crippen LogP contribution in [0.4, 0.5) is 0 Å². The zero-order valence-corrected chi connectivity index (χ0v) is 25.0. The molecule has 1 fully saturated rings. The van der Waals surface area contributed by atoms with Gasteiger partial charge in [-0.1, -0.05) is 96.9 Å². The average Bonchev–Trinajstić information content (AvgIpc) is 2.93. The molecule has 3 unspecified atom stereocenters. The Hall–Kier alpha value is -2.84. The number of nitrogens with zero attached hydrogens (tertiary/aromatic N) is 1. The minimum absolute atomic E-state index is 0.388. The van der Waals surface area contributed by atoms with Crippen molar-refractivity contribution in [3.63, 3.8) is 0 Å². The van der Waals surface area contributed by atoms with E-state index in [9.17, 15) is 14.7 Å². The highest BCUT2D eigenvalue weighted by atomic mass is 127. The number of likely N-dealkylation sites (tertiary alicyclic amines) is 1. The topological polar surface area (TPSA) is 78.9 Å². The first-order valence-corrected chi connectivity index (χ1v) is 14.7. The SMILES string of the molecule is CC(C)(C)OC(=O)C(O)N1C(=O)C(NC(c2ccccc2)(c2ccccc2)c2ccccc2)C1SCC#CI. The maximum absolute atomic E-state index is 13.7. The zero-order valence-electron chi connectivity index (χ0n) is 22.0. The van der Waals surface area contributed by atoms with Crippen LogP contribution < -0.4 is 5.32 Å². The number of rotatable bonds is 9. The molecule has 3 aromatic carbocycles. The fourth-order valence-electron chi connectivity index (χ4n) is 4.73. The summed E-state index contributed by atoms with van der Waals surface area (Å²) < 4.78 is 8.22. The summed E-state index contributed by atoms with van der Waals surface area (Å²) in [7, 11) is 0. The summed E-state index contributed by atoms with van der Waals surface area (Å²) in [6, 6.07) is 29.2. The van der Waals surface area contributed by atoms with Crippen molar-refractivity contribution in [3.05, 3.63) is 108 Å². The molecule has 1 aliphatic heterocycles. The van der Waals surface area contributed by atoms with Crippen LogP contribution in [0.5, 0.6) is 0 Å². The number of esters is 1. The highest BCUT2D eigenvalue weighted by molar-refractivity contribution is 14.1. The highest BCUT2D eigenvalue weighted by Gasteiger charge is 2.55. The second kappa shape index (κ2) is 12.6. The summed E-state index contributed by atoms with van der Waals surface area (Å²) in [5.41, 5.74) is 1.18. The van der Waals surface area contributed by atoms with Crippen molar-refractivity contribution in [2.24, 2.45) is 0 Å². The monoisotopic (exact) mass is 654 g/mol. The lowest BCUT2D eigenvalue weighted by molar-refractivity contribution is -0.189. The van der Waals surface area contributed by atoms with Crippen LogP contribution in [0.3, 0.4) is 0 Å². The smallest absolute Gasteiger partial charge is 0.357 e. The largest absolute Gasteiger partial charge is 0.457 e. The van der Waals surface area contributed by atoms with E-state index in [4.69, 9.17) is 4.74 Å². The maximum atomic E-state index is 13.7. The molecule has 0 saturated carbocycles. The Bertz CT molecular complexity index is 1240. The predicted octanol–water partition coefficient (Wildman–Crippen LogP) is 4.89. The van der Waals surface area contributed by atoms with Gasteiger partial charge in [-0.3, -0.25) is 15.0 Å². The molecule has 0 bridgehead atoms. The van der Waals surface area contributed by atoms with E-state index in [0.717, 1.165) is 16.7 Å². The van der Waals surface area contributed by atoms with Crippen LogP contribution in [0, 0.1) is 9.85 Å². The van der Waals surface area contributed by atoms with Gasteiger partial charge in [0.05, 0.1) is 11.3 Å². The molecule has 3 atom stereocenters. The fourth-order valence-corrected chi connectivity index (χ4v) is 6.26. The first-order valence-electron chi connectivity index (χ1n) is 12.6. The number of carbonyl (C=O) groups excluding carboxylic acids is 2. The lowest BCUT2D eigenvalue weighted by Crippen LogP contribution is -2.75. The molecule has 6 nitrogen and oxygen atoms in total. The van der Waals surface area contributed by atoms with E-state index < -0.39 is 34.8 Å². The Balaban J connectivity index is 1.79. The molecule has 0 spiro atoms. The summed E-state index contributed by atoms with van der Waals surface area (Å²) in [6.45, 7) is 5.15. The molecule has 3 aromatic rings. The lowest BCUT2D eigenvalue weighted by atomic mass is 9.76. The second-order valence-electron chi connectivity index (χ2n) is 10.1. The molecular formula is C31H31IN2O4S. The fraction of sp³-hybridized carbons (Fsp3) is 0.290. The summed E-state index contributed by atoms with van der Waals surface area (Å²) in [6.07, 6.45) is -1.72. The van der Waals surface area contributed by atoms with E-state index in [-0.39, 0.29) is 5.91 Å². The van der Waals surface area contributed by atoms with Crippen LogP contribution in [0.2, 0.25) is 0 Å². The number of hydrogen-bond donors (Lipinski definition) is 2. The minimum Gasteiger partial charge on any atom is -0.457 e. The van der Waals surface area contributed by atoms with Gasteiger partial charge in [0.15, 0.2) is 0 Å². The number of hydrogen-bond acceptors (Lipinski definition) is 6. The van der Waals surface area contributed by atoms with Crippen LogP contribution in [-0.4, -0.2) is 50.9 Å². The van der Waals surface area contributed by atoms with Crippen LogP contribution >= 0.6 is 34.4 Å². The summed E-state index contributed by atoms with van der Waals surface area (Å²) in [4.78, 5) is 27.7. The zero-order chi connectivity index (χ0) is 28.0. The number of aliphatic hydroxyl groups excluding tert-OH is 1. The number of ether oxygens (including phenoxy) is 1. The average molecular weight is 655 g/mol. The van der Waals surface area contributed by atoms with E-state index in [2.05, 4.69) is 15.2 Å². The van der Waals surface area contributed by atoms with Gasteiger partial charge in [0.1, 0.15) is 17.0 Å². The maximum Gasteiger partial charge on any atom is 0.357 e. The van der Waals surface area contributed by atoms with E-state index in [1.807, 2.05) is 114 Å². The third kappa shape index (κ3) is 6.33. The van der Waals surface area contributed by atoms with Gasteiger partial charge in [-0.25, -0.2) is 4.79 Å². The number of benzene rings is 3. The van der Waals surface area contributed by atoms with Gasteiger partial charge in [-0.15, -0.1) is 11.8 Å². The molecule has 39 heavy (non-hydrogen) atoms. The van der Waals surface area contributed by atoms with Crippen LogP contribution in [-0.2, 0) is 19.9 Å². The third-order valence-electron chi connectivity index (χ3n) is 6.35. The van der Waals surface area contributed by atoms with Crippen molar-refractivity contribution in [3.8, 4) is 9.85 Å². The van der Waals surface area contributed by atoms with Gasteiger partial charge >= 0.3 is 5.97 Å². The number of thioether (sulfide) groups is 1. The van der Waals surface area contributed by atoms with E-state index in [1.165, 1.54) is 16.7 Å². The first-order chi connectivity index (χ1) is 18.7. The van der Waals surface area contributed by atoms with Crippen molar-refractivity contribution in [1.29, 1.82) is 0 Å². The van der Waals surface area contributed by atoms with E-state index >= 15 is 0 Å². The Kier molecular flexibility index (Phi) is 9.39. The van der Waals surface area contributed by atoms with Gasteiger partial charge in [0, 0.05) is 22.6 Å². The Morgan fingerprint density at radius 3 is 1.85 bits per heavy atom. The van der Waals surface area contributed by atoms with Gasteiger partial charge < -0.3 is 9.84 Å². The molecule has 8 heteroatoms. The number of carbonyl (C=O) groups is 2. The molecule has 202 valence electrons. The molecule has 0 aromatic heterocycles. The molecule has 4 rings (SSSR count). The molecule has 1 saturated heterocycles. The number of β-lactam (4-membered cyclic amide) rings is 1. The molecule has 1 amide bonds. The predicted molar refractivity (Wildman–Crippen MR) is 163 cm³/mol. The summed E-state index contributed by atoms with van der Waals surface area (Å²) in [5, 5.41) is 14.0. The summed E-state index contributed by atoms with van der Waals surface area (Å²) >= 11 is 3.36. The van der Waals surface area contributed by atoms with Gasteiger partial charge in [-0.05, 0) is 41.4 Å². The minimum atomic E-state index is -1.72. The number of amides is 1. The molecule has 1 aliphatic rings. The standard InChI is InChI=1S/C31H31IN2O4S/c1-30(2,3)38-29(37)27(36)34-26(35)25(28(34)39-21-13-20-32)33-31(22-14-7-4-8-15-22,23-16-9-5-10-17-23)24-18-11-6-12-19-24/h4-12,14-19,25,27-28,33,36H,21H2,1-3H3. The Morgan fingerprint density at radius 1 is 0.974 bits per heavy atom. The number of nitrogens with one attached hydrogen (secondary N) is 1. The van der Waals surface area contributed by atoms with Gasteiger partial charge in [0.2, 0.25) is 12.1 Å². The van der Waals surface area contributed by atoms with Crippen LogP contribution in [0.25, 0.3) is 0 Å². The highest BCUT2D eigenvalue weighted by Crippen LogP contribution is 2.41. The molecule has 0 aliphatic carbocycles. The third-order valence-corrected chi connectivity index (χ3v) is 7.88. The van der Waals surface area contributed by atoms with Gasteiger partial charge in [-0.2, -0.15) is 0 Å². The molecule has 0 radical (unpaired) electrons.